The van der Waals surface area contributed by atoms with Crippen LogP contribution in [0.15, 0.2) is 29.2 Å². The quantitative estimate of drug-likeness (QED) is 0.729. The molecule has 0 bridgehead atoms. The number of nitrogens with zero attached hydrogens (tertiary/aromatic N) is 1. The van der Waals surface area contributed by atoms with Gasteiger partial charge in [0.1, 0.15) is 0 Å². The van der Waals surface area contributed by atoms with E-state index in [2.05, 4.69) is 37.3 Å². The van der Waals surface area contributed by atoms with Crippen molar-refractivity contribution >= 4 is 11.8 Å². The Morgan fingerprint density at radius 2 is 2.00 bits per heavy atom. The van der Waals surface area contributed by atoms with Crippen LogP contribution in [0.4, 0.5) is 0 Å². The Morgan fingerprint density at radius 1 is 1.31 bits per heavy atom. The normalized spacial score (nSPS) is 18.2. The molecule has 0 radical (unpaired) electrons. The fraction of sp³-hybridized carbons (Fsp3) is 0.500. The summed E-state index contributed by atoms with van der Waals surface area (Å²) >= 11 is 1.75. The minimum absolute atomic E-state index is 0.142. The summed E-state index contributed by atoms with van der Waals surface area (Å²) in [4.78, 5) is 1.26. The fourth-order valence-electron chi connectivity index (χ4n) is 2.31. The smallest absolute Gasteiger partial charge is 0.0991 e. The van der Waals surface area contributed by atoms with Crippen molar-refractivity contribution in [2.45, 2.75) is 42.8 Å². The second-order valence-electron chi connectivity index (χ2n) is 4.48. The SMILES string of the molecule is Cc1ccccc1SC(C#N)C1CCCC1. The maximum absolute atomic E-state index is 9.27. The van der Waals surface area contributed by atoms with E-state index in [0.29, 0.717) is 5.92 Å². The highest BCUT2D eigenvalue weighted by atomic mass is 32.2. The monoisotopic (exact) mass is 231 g/mol. The van der Waals surface area contributed by atoms with E-state index in [9.17, 15) is 5.26 Å². The van der Waals surface area contributed by atoms with Crippen LogP contribution in [0.2, 0.25) is 0 Å². The number of benzene rings is 1. The molecule has 1 fully saturated rings. The van der Waals surface area contributed by atoms with Crippen LogP contribution in [0.25, 0.3) is 0 Å². The second kappa shape index (κ2) is 5.41. The molecule has 1 aliphatic rings. The maximum Gasteiger partial charge on any atom is 0.0991 e. The molecule has 0 aromatic heterocycles. The van der Waals surface area contributed by atoms with Gasteiger partial charge in [-0.25, -0.2) is 0 Å². The molecule has 1 atom stereocenters. The molecule has 1 aromatic rings. The lowest BCUT2D eigenvalue weighted by Gasteiger charge is -2.16. The molecule has 1 nitrogen and oxygen atoms in total. The molecule has 1 unspecified atom stereocenters. The number of thioether (sulfide) groups is 1. The van der Waals surface area contributed by atoms with Gasteiger partial charge in [-0.15, -0.1) is 11.8 Å². The molecular formula is C14H17NS. The van der Waals surface area contributed by atoms with Gasteiger partial charge < -0.3 is 0 Å². The number of rotatable bonds is 3. The predicted molar refractivity (Wildman–Crippen MR) is 68.4 cm³/mol. The van der Waals surface area contributed by atoms with E-state index < -0.39 is 0 Å². The first-order chi connectivity index (χ1) is 7.81. The Balaban J connectivity index is 2.07. The van der Waals surface area contributed by atoms with E-state index in [4.69, 9.17) is 0 Å². The van der Waals surface area contributed by atoms with Crippen molar-refractivity contribution in [1.82, 2.24) is 0 Å². The highest BCUT2D eigenvalue weighted by Gasteiger charge is 2.25. The molecule has 2 rings (SSSR count). The van der Waals surface area contributed by atoms with Crippen molar-refractivity contribution < 1.29 is 0 Å². The summed E-state index contributed by atoms with van der Waals surface area (Å²) in [6.45, 7) is 2.12. The first-order valence-electron chi connectivity index (χ1n) is 5.93. The Morgan fingerprint density at radius 3 is 2.62 bits per heavy atom. The average Bonchev–Trinajstić information content (AvgIpc) is 2.81. The zero-order valence-electron chi connectivity index (χ0n) is 9.65. The summed E-state index contributed by atoms with van der Waals surface area (Å²) in [6, 6.07) is 10.8. The van der Waals surface area contributed by atoms with E-state index in [-0.39, 0.29) is 5.25 Å². The van der Waals surface area contributed by atoms with Crippen LogP contribution in [0.1, 0.15) is 31.2 Å². The summed E-state index contributed by atoms with van der Waals surface area (Å²) in [6.07, 6.45) is 5.07. The highest BCUT2D eigenvalue weighted by Crippen LogP contribution is 2.37. The minimum atomic E-state index is 0.142. The van der Waals surface area contributed by atoms with Crippen molar-refractivity contribution in [3.63, 3.8) is 0 Å². The van der Waals surface area contributed by atoms with Gasteiger partial charge in [0.05, 0.1) is 11.3 Å². The summed E-state index contributed by atoms with van der Waals surface area (Å²) in [5.74, 6) is 0.606. The van der Waals surface area contributed by atoms with E-state index in [0.717, 1.165) is 0 Å². The lowest BCUT2D eigenvalue weighted by Crippen LogP contribution is -2.11. The number of hydrogen-bond donors (Lipinski definition) is 0. The minimum Gasteiger partial charge on any atom is -0.197 e. The highest BCUT2D eigenvalue weighted by molar-refractivity contribution is 8.00. The van der Waals surface area contributed by atoms with Gasteiger partial charge in [0.15, 0.2) is 0 Å². The maximum atomic E-state index is 9.27. The van der Waals surface area contributed by atoms with Crippen LogP contribution in [-0.4, -0.2) is 5.25 Å². The van der Waals surface area contributed by atoms with Gasteiger partial charge in [-0.3, -0.25) is 0 Å². The summed E-state index contributed by atoms with van der Waals surface area (Å²) in [5, 5.41) is 9.41. The third kappa shape index (κ3) is 2.59. The van der Waals surface area contributed by atoms with Gasteiger partial charge in [-0.1, -0.05) is 31.0 Å². The van der Waals surface area contributed by atoms with Crippen LogP contribution >= 0.6 is 11.8 Å². The standard InChI is InChI=1S/C14H17NS/c1-11-6-2-5-9-13(11)16-14(10-15)12-7-3-4-8-12/h2,5-6,9,12,14H,3-4,7-8H2,1H3. The molecule has 0 N–H and O–H groups in total. The molecule has 0 amide bonds. The van der Waals surface area contributed by atoms with Crippen molar-refractivity contribution in [2.24, 2.45) is 5.92 Å². The third-order valence-electron chi connectivity index (χ3n) is 3.30. The number of nitriles is 1. The van der Waals surface area contributed by atoms with Gasteiger partial charge in [-0.05, 0) is 37.3 Å². The molecule has 1 aliphatic carbocycles. The fourth-order valence-corrected chi connectivity index (χ4v) is 3.52. The van der Waals surface area contributed by atoms with Crippen molar-refractivity contribution in [1.29, 1.82) is 5.26 Å². The molecule has 1 aromatic carbocycles. The summed E-state index contributed by atoms with van der Waals surface area (Å²) < 4.78 is 0. The Labute approximate surface area is 102 Å². The van der Waals surface area contributed by atoms with Crippen molar-refractivity contribution in [2.75, 3.05) is 0 Å². The van der Waals surface area contributed by atoms with Crippen molar-refractivity contribution in [3.05, 3.63) is 29.8 Å². The first kappa shape index (κ1) is 11.5. The van der Waals surface area contributed by atoms with Crippen LogP contribution < -0.4 is 0 Å². The zero-order chi connectivity index (χ0) is 11.4. The average molecular weight is 231 g/mol. The van der Waals surface area contributed by atoms with E-state index >= 15 is 0 Å². The summed E-state index contributed by atoms with van der Waals surface area (Å²) in [5.41, 5.74) is 1.28. The van der Waals surface area contributed by atoms with Crippen LogP contribution in [-0.2, 0) is 0 Å². The summed E-state index contributed by atoms with van der Waals surface area (Å²) in [7, 11) is 0. The molecule has 1 saturated carbocycles. The topological polar surface area (TPSA) is 23.8 Å². The molecule has 2 heteroatoms. The molecule has 84 valence electrons. The Kier molecular flexibility index (Phi) is 3.90. The van der Waals surface area contributed by atoms with Gasteiger partial charge in [0.2, 0.25) is 0 Å². The first-order valence-corrected chi connectivity index (χ1v) is 6.81. The van der Waals surface area contributed by atoms with E-state index in [1.165, 1.54) is 36.1 Å². The van der Waals surface area contributed by atoms with Crippen LogP contribution in [0, 0.1) is 24.2 Å². The predicted octanol–water partition coefficient (Wildman–Crippen LogP) is 4.17. The number of aryl methyl sites for hydroxylation is 1. The van der Waals surface area contributed by atoms with Crippen LogP contribution in [0.5, 0.6) is 0 Å². The van der Waals surface area contributed by atoms with Crippen molar-refractivity contribution in [3.8, 4) is 6.07 Å². The van der Waals surface area contributed by atoms with Crippen LogP contribution in [0.3, 0.4) is 0 Å². The Bertz CT molecular complexity index is 388. The Hall–Kier alpha value is -0.940. The molecule has 0 heterocycles. The van der Waals surface area contributed by atoms with Gasteiger partial charge in [0.25, 0.3) is 0 Å². The lowest BCUT2D eigenvalue weighted by atomic mass is 10.1. The number of hydrogen-bond acceptors (Lipinski definition) is 2. The van der Waals surface area contributed by atoms with Gasteiger partial charge >= 0.3 is 0 Å². The third-order valence-corrected chi connectivity index (χ3v) is 4.76. The molecule has 0 aliphatic heterocycles. The van der Waals surface area contributed by atoms with Gasteiger partial charge in [0, 0.05) is 4.90 Å². The molecule has 16 heavy (non-hydrogen) atoms. The zero-order valence-corrected chi connectivity index (χ0v) is 10.5. The van der Waals surface area contributed by atoms with E-state index in [1.54, 1.807) is 11.8 Å². The van der Waals surface area contributed by atoms with Gasteiger partial charge in [-0.2, -0.15) is 5.26 Å². The molecular weight excluding hydrogens is 214 g/mol. The molecule has 0 spiro atoms. The molecule has 0 saturated heterocycles. The second-order valence-corrected chi connectivity index (χ2v) is 5.66. The largest absolute Gasteiger partial charge is 0.197 e. The lowest BCUT2D eigenvalue weighted by molar-refractivity contribution is 0.575. The van der Waals surface area contributed by atoms with E-state index in [1.807, 2.05) is 0 Å².